The number of hydrogen-bond donors (Lipinski definition) is 2. The van der Waals surface area contributed by atoms with E-state index in [2.05, 4.69) is 20.9 Å². The zero-order valence-electron chi connectivity index (χ0n) is 11.3. The van der Waals surface area contributed by atoms with Gasteiger partial charge in [-0.1, -0.05) is 11.3 Å². The molecule has 0 aliphatic rings. The molecule has 7 heteroatoms. The second-order valence-corrected chi connectivity index (χ2v) is 4.34. The Balaban J connectivity index is 2.01. The van der Waals surface area contributed by atoms with Crippen molar-refractivity contribution >= 4 is 23.2 Å². The summed E-state index contributed by atoms with van der Waals surface area (Å²) in [7, 11) is 0. The fraction of sp³-hybridized carbons (Fsp3) is 0.231. The number of hydrogen-bond acceptors (Lipinski definition) is 4. The molecule has 0 spiro atoms. The Hall–Kier alpha value is -2.70. The number of anilines is 2. The molecule has 1 heterocycles. The SMILES string of the molecule is CC(=O)Nc1cccc(NC(=O)Cn2nncc2C)c1. The number of aromatic nitrogens is 3. The van der Waals surface area contributed by atoms with Crippen LogP contribution in [0.25, 0.3) is 0 Å². The number of carbonyl (C=O) groups is 2. The Kier molecular flexibility index (Phi) is 4.09. The van der Waals surface area contributed by atoms with Gasteiger partial charge in [0.2, 0.25) is 11.8 Å². The van der Waals surface area contributed by atoms with E-state index in [9.17, 15) is 9.59 Å². The van der Waals surface area contributed by atoms with Gasteiger partial charge in [-0.25, -0.2) is 4.68 Å². The number of rotatable bonds is 4. The summed E-state index contributed by atoms with van der Waals surface area (Å²) in [6, 6.07) is 6.94. The van der Waals surface area contributed by atoms with E-state index in [0.717, 1.165) is 5.69 Å². The first kappa shape index (κ1) is 13.7. The number of nitrogens with one attached hydrogen (secondary N) is 2. The van der Waals surface area contributed by atoms with Gasteiger partial charge < -0.3 is 10.6 Å². The maximum Gasteiger partial charge on any atom is 0.246 e. The molecule has 0 saturated carbocycles. The van der Waals surface area contributed by atoms with E-state index in [1.54, 1.807) is 30.5 Å². The number of aryl methyl sites for hydroxylation is 1. The lowest BCUT2D eigenvalue weighted by Gasteiger charge is -2.08. The Morgan fingerprint density at radius 2 is 1.95 bits per heavy atom. The third-order valence-electron chi connectivity index (χ3n) is 2.57. The van der Waals surface area contributed by atoms with Crippen LogP contribution in [-0.4, -0.2) is 26.8 Å². The lowest BCUT2D eigenvalue weighted by atomic mass is 10.2. The van der Waals surface area contributed by atoms with Crippen LogP contribution >= 0.6 is 0 Å². The second-order valence-electron chi connectivity index (χ2n) is 4.34. The van der Waals surface area contributed by atoms with Crippen molar-refractivity contribution in [2.75, 3.05) is 10.6 Å². The van der Waals surface area contributed by atoms with E-state index < -0.39 is 0 Å². The summed E-state index contributed by atoms with van der Waals surface area (Å²) in [5, 5.41) is 12.9. The maximum absolute atomic E-state index is 11.9. The lowest BCUT2D eigenvalue weighted by Crippen LogP contribution is -2.20. The van der Waals surface area contributed by atoms with Gasteiger partial charge in [-0.15, -0.1) is 5.10 Å². The van der Waals surface area contributed by atoms with Crippen LogP contribution < -0.4 is 10.6 Å². The Bertz CT molecular complexity index is 635. The van der Waals surface area contributed by atoms with Crippen molar-refractivity contribution in [1.29, 1.82) is 0 Å². The summed E-state index contributed by atoms with van der Waals surface area (Å²) in [6.45, 7) is 3.35. The van der Waals surface area contributed by atoms with Gasteiger partial charge in [0, 0.05) is 18.3 Å². The second kappa shape index (κ2) is 5.96. The van der Waals surface area contributed by atoms with E-state index in [1.807, 2.05) is 6.92 Å². The average Bonchev–Trinajstić information content (AvgIpc) is 2.74. The molecule has 0 unspecified atom stereocenters. The third-order valence-corrected chi connectivity index (χ3v) is 2.57. The molecule has 0 aliphatic carbocycles. The molecule has 104 valence electrons. The average molecular weight is 273 g/mol. The highest BCUT2D eigenvalue weighted by Gasteiger charge is 2.07. The molecule has 1 aromatic carbocycles. The largest absolute Gasteiger partial charge is 0.326 e. The molecule has 0 radical (unpaired) electrons. The molecule has 0 saturated heterocycles. The van der Waals surface area contributed by atoms with Crippen LogP contribution in [0.3, 0.4) is 0 Å². The van der Waals surface area contributed by atoms with Crippen molar-refractivity contribution in [3.8, 4) is 0 Å². The van der Waals surface area contributed by atoms with Crippen molar-refractivity contribution in [2.24, 2.45) is 0 Å². The topological polar surface area (TPSA) is 88.9 Å². The molecule has 2 amide bonds. The molecule has 2 rings (SSSR count). The normalized spacial score (nSPS) is 10.1. The van der Waals surface area contributed by atoms with Crippen molar-refractivity contribution in [3.05, 3.63) is 36.2 Å². The molecule has 0 bridgehead atoms. The van der Waals surface area contributed by atoms with E-state index in [1.165, 1.54) is 11.6 Å². The zero-order valence-corrected chi connectivity index (χ0v) is 11.3. The Labute approximate surface area is 116 Å². The van der Waals surface area contributed by atoms with Crippen LogP contribution in [-0.2, 0) is 16.1 Å². The minimum Gasteiger partial charge on any atom is -0.326 e. The summed E-state index contributed by atoms with van der Waals surface area (Å²) in [5.41, 5.74) is 2.05. The third kappa shape index (κ3) is 3.64. The van der Waals surface area contributed by atoms with Crippen molar-refractivity contribution < 1.29 is 9.59 Å². The van der Waals surface area contributed by atoms with Gasteiger partial charge in [-0.2, -0.15) is 0 Å². The van der Waals surface area contributed by atoms with Crippen LogP contribution in [0.5, 0.6) is 0 Å². The summed E-state index contributed by atoms with van der Waals surface area (Å²) < 4.78 is 1.51. The molecule has 7 nitrogen and oxygen atoms in total. The quantitative estimate of drug-likeness (QED) is 0.875. The molecule has 2 aromatic rings. The van der Waals surface area contributed by atoms with Gasteiger partial charge in [0.15, 0.2) is 0 Å². The van der Waals surface area contributed by atoms with E-state index >= 15 is 0 Å². The summed E-state index contributed by atoms with van der Waals surface area (Å²) >= 11 is 0. The molecule has 0 aliphatic heterocycles. The monoisotopic (exact) mass is 273 g/mol. The van der Waals surface area contributed by atoms with Crippen LogP contribution in [0.2, 0.25) is 0 Å². The molecule has 20 heavy (non-hydrogen) atoms. The van der Waals surface area contributed by atoms with Gasteiger partial charge >= 0.3 is 0 Å². The van der Waals surface area contributed by atoms with E-state index in [4.69, 9.17) is 0 Å². The predicted molar refractivity (Wildman–Crippen MR) is 74.1 cm³/mol. The van der Waals surface area contributed by atoms with Gasteiger partial charge in [-0.3, -0.25) is 9.59 Å². The minimum absolute atomic E-state index is 0.0935. The van der Waals surface area contributed by atoms with Crippen molar-refractivity contribution in [2.45, 2.75) is 20.4 Å². The summed E-state index contributed by atoms with van der Waals surface area (Å²) in [5.74, 6) is -0.370. The van der Waals surface area contributed by atoms with Crippen LogP contribution in [0.1, 0.15) is 12.6 Å². The minimum atomic E-state index is -0.210. The molecular formula is C13H15N5O2. The lowest BCUT2D eigenvalue weighted by molar-refractivity contribution is -0.117. The zero-order chi connectivity index (χ0) is 14.5. The van der Waals surface area contributed by atoms with Gasteiger partial charge in [0.25, 0.3) is 0 Å². The standard InChI is InChI=1S/C13H15N5O2/c1-9-7-14-17-18(9)8-13(20)16-12-5-3-4-11(6-12)15-10(2)19/h3-7H,8H2,1-2H3,(H,15,19)(H,16,20). The number of amides is 2. The fourth-order valence-electron chi connectivity index (χ4n) is 1.68. The highest BCUT2D eigenvalue weighted by molar-refractivity contribution is 5.93. The highest BCUT2D eigenvalue weighted by Crippen LogP contribution is 2.15. The number of nitrogens with zero attached hydrogens (tertiary/aromatic N) is 3. The fourth-order valence-corrected chi connectivity index (χ4v) is 1.68. The Morgan fingerprint density at radius 3 is 2.55 bits per heavy atom. The molecular weight excluding hydrogens is 258 g/mol. The van der Waals surface area contributed by atoms with Crippen LogP contribution in [0.15, 0.2) is 30.5 Å². The molecule has 0 fully saturated rings. The summed E-state index contributed by atoms with van der Waals surface area (Å²) in [4.78, 5) is 22.9. The number of benzene rings is 1. The van der Waals surface area contributed by atoms with Gasteiger partial charge in [0.1, 0.15) is 6.54 Å². The van der Waals surface area contributed by atoms with E-state index in [-0.39, 0.29) is 18.4 Å². The highest BCUT2D eigenvalue weighted by atomic mass is 16.2. The molecule has 1 aromatic heterocycles. The first-order valence-electron chi connectivity index (χ1n) is 6.07. The van der Waals surface area contributed by atoms with Gasteiger partial charge in [0.05, 0.1) is 11.9 Å². The molecule has 0 atom stereocenters. The first-order valence-corrected chi connectivity index (χ1v) is 6.07. The van der Waals surface area contributed by atoms with Crippen molar-refractivity contribution in [3.63, 3.8) is 0 Å². The molecule has 2 N–H and O–H groups in total. The predicted octanol–water partition coefficient (Wildman–Crippen LogP) is 1.18. The van der Waals surface area contributed by atoms with Gasteiger partial charge in [-0.05, 0) is 25.1 Å². The maximum atomic E-state index is 11.9. The number of carbonyl (C=O) groups excluding carboxylic acids is 2. The Morgan fingerprint density at radius 1 is 1.25 bits per heavy atom. The van der Waals surface area contributed by atoms with Crippen molar-refractivity contribution in [1.82, 2.24) is 15.0 Å². The smallest absolute Gasteiger partial charge is 0.246 e. The van der Waals surface area contributed by atoms with E-state index in [0.29, 0.717) is 11.4 Å². The summed E-state index contributed by atoms with van der Waals surface area (Å²) in [6.07, 6.45) is 1.59. The first-order chi connectivity index (χ1) is 9.54. The van der Waals surface area contributed by atoms with Crippen LogP contribution in [0, 0.1) is 6.92 Å². The van der Waals surface area contributed by atoms with Crippen LogP contribution in [0.4, 0.5) is 11.4 Å².